The second-order valence-electron chi connectivity index (χ2n) is 6.94. The van der Waals surface area contributed by atoms with Gasteiger partial charge in [0.1, 0.15) is 0 Å². The Balaban J connectivity index is 1.52. The van der Waals surface area contributed by atoms with Crippen LogP contribution in [0.3, 0.4) is 0 Å². The van der Waals surface area contributed by atoms with Crippen LogP contribution in [0.2, 0.25) is 0 Å². The number of cyclic esters (lactones) is 1. The Kier molecular flexibility index (Phi) is 4.80. The summed E-state index contributed by atoms with van der Waals surface area (Å²) in [5.41, 5.74) is 2.30. The van der Waals surface area contributed by atoms with Crippen LogP contribution in [0.4, 0.5) is 0 Å². The van der Waals surface area contributed by atoms with Crippen molar-refractivity contribution in [3.05, 3.63) is 96.1 Å². The number of Topliss-reactive ketones (excluding diaryl/α,β-unsaturated/α-hetero) is 1. The molecule has 140 valence electrons. The van der Waals surface area contributed by atoms with E-state index in [1.807, 2.05) is 84.9 Å². The first-order valence-electron chi connectivity index (χ1n) is 9.16. The van der Waals surface area contributed by atoms with E-state index < -0.39 is 17.7 Å². The van der Waals surface area contributed by atoms with E-state index in [1.165, 1.54) is 0 Å². The molecule has 2 unspecified atom stereocenters. The van der Waals surface area contributed by atoms with Crippen molar-refractivity contribution in [3.63, 3.8) is 0 Å². The summed E-state index contributed by atoms with van der Waals surface area (Å²) in [4.78, 5) is 25.3. The molecule has 0 aromatic heterocycles. The van der Waals surface area contributed by atoms with Crippen molar-refractivity contribution in [1.82, 2.24) is 0 Å². The maximum Gasteiger partial charge on any atom is 0.344 e. The van der Waals surface area contributed by atoms with Crippen molar-refractivity contribution in [2.45, 2.75) is 25.2 Å². The Morgan fingerprint density at radius 2 is 1.39 bits per heavy atom. The van der Waals surface area contributed by atoms with Crippen LogP contribution in [0, 0.1) is 0 Å². The van der Waals surface area contributed by atoms with E-state index in [4.69, 9.17) is 9.47 Å². The largest absolute Gasteiger partial charge is 0.444 e. The van der Waals surface area contributed by atoms with Crippen molar-refractivity contribution >= 4 is 11.8 Å². The van der Waals surface area contributed by atoms with Crippen molar-refractivity contribution in [3.8, 4) is 11.1 Å². The Labute approximate surface area is 163 Å². The Bertz CT molecular complexity index is 980. The molecule has 4 heteroatoms. The summed E-state index contributed by atoms with van der Waals surface area (Å²) in [6.45, 7) is 1.80. The number of ether oxygens (including phenoxy) is 2. The fraction of sp³-hybridized carbons (Fsp3) is 0.167. The van der Waals surface area contributed by atoms with Crippen LogP contribution in [0.5, 0.6) is 0 Å². The average molecular weight is 372 g/mol. The summed E-state index contributed by atoms with van der Waals surface area (Å²) in [5, 5.41) is 0. The van der Waals surface area contributed by atoms with Gasteiger partial charge in [-0.3, -0.25) is 4.79 Å². The first-order chi connectivity index (χ1) is 13.6. The lowest BCUT2D eigenvalue weighted by molar-refractivity contribution is -0.155. The average Bonchev–Trinajstić information content (AvgIpc) is 2.97. The number of ketones is 1. The zero-order chi connectivity index (χ0) is 19.6. The van der Waals surface area contributed by atoms with Gasteiger partial charge in [0.25, 0.3) is 0 Å². The smallest absolute Gasteiger partial charge is 0.344 e. The van der Waals surface area contributed by atoms with Gasteiger partial charge in [-0.1, -0.05) is 84.9 Å². The van der Waals surface area contributed by atoms with E-state index in [0.29, 0.717) is 5.56 Å². The predicted molar refractivity (Wildman–Crippen MR) is 105 cm³/mol. The fourth-order valence-electron chi connectivity index (χ4n) is 3.37. The molecule has 3 aromatic carbocycles. The van der Waals surface area contributed by atoms with Gasteiger partial charge in [-0.25, -0.2) is 4.79 Å². The molecule has 3 aromatic rings. The van der Waals surface area contributed by atoms with Crippen molar-refractivity contribution in [2.24, 2.45) is 0 Å². The van der Waals surface area contributed by atoms with Crippen LogP contribution in [0.1, 0.15) is 18.1 Å². The highest BCUT2D eigenvalue weighted by Crippen LogP contribution is 2.36. The summed E-state index contributed by atoms with van der Waals surface area (Å²) in [6, 6.07) is 26.9. The lowest BCUT2D eigenvalue weighted by atomic mass is 9.89. The molecule has 4 nitrogen and oxygen atoms in total. The highest BCUT2D eigenvalue weighted by Gasteiger charge is 2.54. The van der Waals surface area contributed by atoms with Crippen molar-refractivity contribution in [2.75, 3.05) is 0 Å². The topological polar surface area (TPSA) is 52.6 Å². The lowest BCUT2D eigenvalue weighted by Gasteiger charge is -2.21. The van der Waals surface area contributed by atoms with E-state index in [2.05, 4.69) is 0 Å². The molecule has 0 amide bonds. The van der Waals surface area contributed by atoms with Gasteiger partial charge in [0.15, 0.2) is 5.60 Å². The maximum atomic E-state index is 12.9. The summed E-state index contributed by atoms with van der Waals surface area (Å²) in [6.07, 6.45) is -1.21. The SMILES string of the molecule is CC1(c2ccc(-c3ccccc3)cc2)OC(=O)C(OCc2ccccc2)C1=O. The third-order valence-corrected chi connectivity index (χ3v) is 5.03. The molecule has 0 aliphatic carbocycles. The Morgan fingerprint density at radius 1 is 0.821 bits per heavy atom. The molecular formula is C24H20O4. The Hall–Kier alpha value is -3.24. The van der Waals surface area contributed by atoms with Gasteiger partial charge in [0, 0.05) is 5.56 Å². The summed E-state index contributed by atoms with van der Waals surface area (Å²) in [5.74, 6) is -1.02. The number of carbonyl (C=O) groups is 2. The molecule has 0 radical (unpaired) electrons. The minimum atomic E-state index is -1.34. The van der Waals surface area contributed by atoms with Gasteiger partial charge in [-0.05, 0) is 23.6 Å². The summed E-state index contributed by atoms with van der Waals surface area (Å²) < 4.78 is 11.1. The monoisotopic (exact) mass is 372 g/mol. The zero-order valence-electron chi connectivity index (χ0n) is 15.5. The fourth-order valence-corrected chi connectivity index (χ4v) is 3.37. The quantitative estimate of drug-likeness (QED) is 0.495. The number of hydrogen-bond donors (Lipinski definition) is 0. The van der Waals surface area contributed by atoms with Crippen LogP contribution >= 0.6 is 0 Å². The van der Waals surface area contributed by atoms with E-state index in [9.17, 15) is 9.59 Å². The van der Waals surface area contributed by atoms with E-state index in [1.54, 1.807) is 6.92 Å². The number of carbonyl (C=O) groups excluding carboxylic acids is 2. The molecule has 4 rings (SSSR count). The standard InChI is InChI=1S/C24H20O4/c1-24(20-14-12-19(13-15-20)18-10-6-3-7-11-18)22(25)21(23(26)28-24)27-16-17-8-4-2-5-9-17/h2-15,21H,16H2,1H3. The molecule has 0 N–H and O–H groups in total. The van der Waals surface area contributed by atoms with E-state index in [0.717, 1.165) is 16.7 Å². The van der Waals surface area contributed by atoms with Gasteiger partial charge in [-0.15, -0.1) is 0 Å². The number of esters is 1. The predicted octanol–water partition coefficient (Wildman–Crippen LogP) is 4.28. The second kappa shape index (κ2) is 7.41. The first-order valence-corrected chi connectivity index (χ1v) is 9.16. The van der Waals surface area contributed by atoms with Crippen LogP contribution in [-0.4, -0.2) is 17.9 Å². The van der Waals surface area contributed by atoms with Crippen LogP contribution < -0.4 is 0 Å². The lowest BCUT2D eigenvalue weighted by Crippen LogP contribution is -2.34. The highest BCUT2D eigenvalue weighted by molar-refractivity contribution is 6.11. The van der Waals surface area contributed by atoms with Crippen LogP contribution in [-0.2, 0) is 31.3 Å². The molecule has 0 spiro atoms. The molecule has 1 fully saturated rings. The molecule has 1 aliphatic heterocycles. The number of benzene rings is 3. The normalized spacial score (nSPS) is 21.5. The Morgan fingerprint density at radius 3 is 2.04 bits per heavy atom. The van der Waals surface area contributed by atoms with Gasteiger partial charge in [0.05, 0.1) is 6.61 Å². The second-order valence-corrected chi connectivity index (χ2v) is 6.94. The molecule has 0 bridgehead atoms. The van der Waals surface area contributed by atoms with Crippen LogP contribution in [0.15, 0.2) is 84.9 Å². The van der Waals surface area contributed by atoms with E-state index in [-0.39, 0.29) is 12.4 Å². The molecule has 1 heterocycles. The van der Waals surface area contributed by atoms with Crippen molar-refractivity contribution < 1.29 is 19.1 Å². The third kappa shape index (κ3) is 3.35. The number of rotatable bonds is 5. The van der Waals surface area contributed by atoms with Gasteiger partial charge in [-0.2, -0.15) is 0 Å². The van der Waals surface area contributed by atoms with Gasteiger partial charge in [0.2, 0.25) is 11.9 Å². The maximum absolute atomic E-state index is 12.9. The van der Waals surface area contributed by atoms with Gasteiger partial charge < -0.3 is 9.47 Å². The summed E-state index contributed by atoms with van der Waals surface area (Å²) in [7, 11) is 0. The van der Waals surface area contributed by atoms with Crippen LogP contribution in [0.25, 0.3) is 11.1 Å². The molecule has 28 heavy (non-hydrogen) atoms. The highest BCUT2D eigenvalue weighted by atomic mass is 16.6. The zero-order valence-corrected chi connectivity index (χ0v) is 15.5. The van der Waals surface area contributed by atoms with E-state index >= 15 is 0 Å². The third-order valence-electron chi connectivity index (χ3n) is 5.03. The molecular weight excluding hydrogens is 352 g/mol. The molecule has 1 saturated heterocycles. The molecule has 0 saturated carbocycles. The minimum Gasteiger partial charge on any atom is -0.444 e. The molecule has 2 atom stereocenters. The first kappa shape index (κ1) is 18.1. The van der Waals surface area contributed by atoms with Gasteiger partial charge >= 0.3 is 5.97 Å². The number of hydrogen-bond acceptors (Lipinski definition) is 4. The summed E-state index contributed by atoms with van der Waals surface area (Å²) >= 11 is 0. The minimum absolute atomic E-state index is 0.176. The molecule has 1 aliphatic rings. The van der Waals surface area contributed by atoms with Crippen molar-refractivity contribution in [1.29, 1.82) is 0 Å².